The van der Waals surface area contributed by atoms with Crippen molar-refractivity contribution in [3.63, 3.8) is 0 Å². The quantitative estimate of drug-likeness (QED) is 0.886. The van der Waals surface area contributed by atoms with E-state index in [0.29, 0.717) is 23.9 Å². The predicted octanol–water partition coefficient (Wildman–Crippen LogP) is 3.33. The zero-order valence-electron chi connectivity index (χ0n) is 13.6. The van der Waals surface area contributed by atoms with Crippen molar-refractivity contribution in [1.82, 2.24) is 5.32 Å². The van der Waals surface area contributed by atoms with Crippen molar-refractivity contribution in [2.24, 2.45) is 23.5 Å². The second kappa shape index (κ2) is 7.63. The van der Waals surface area contributed by atoms with Crippen LogP contribution in [0.25, 0.3) is 0 Å². The molecule has 2 bridgehead atoms. The summed E-state index contributed by atoms with van der Waals surface area (Å²) in [5.41, 5.74) is 7.71. The van der Waals surface area contributed by atoms with Gasteiger partial charge in [-0.05, 0) is 61.6 Å². The molecule has 0 aliphatic heterocycles. The highest BCUT2D eigenvalue weighted by molar-refractivity contribution is 5.85. The molecule has 3 rings (SSSR count). The number of benzene rings is 1. The first-order valence-electron chi connectivity index (χ1n) is 8.33. The third-order valence-corrected chi connectivity index (χ3v) is 5.49. The lowest BCUT2D eigenvalue weighted by molar-refractivity contribution is -0.128. The first-order valence-corrected chi connectivity index (χ1v) is 8.33. The number of amides is 1. The summed E-state index contributed by atoms with van der Waals surface area (Å²) in [7, 11) is 0. The molecule has 2 unspecified atom stereocenters. The smallest absolute Gasteiger partial charge is 0.223 e. The standard InChI is InChI=1S/C18H25FN2O.ClH/c1-11-5-6-12(7-16(11)19)10-21-18(22)15-8-13-3-2-4-14(9-15)17(13)20;/h5-7,13-15,17H,2-4,8-10,20H2,1H3,(H,21,22);1H. The fourth-order valence-electron chi connectivity index (χ4n) is 4.08. The number of carbonyl (C=O) groups excluding carboxylic acids is 1. The van der Waals surface area contributed by atoms with Crippen molar-refractivity contribution in [2.75, 3.05) is 0 Å². The average molecular weight is 341 g/mol. The van der Waals surface area contributed by atoms with Crippen molar-refractivity contribution in [2.45, 2.75) is 51.6 Å². The van der Waals surface area contributed by atoms with E-state index in [1.54, 1.807) is 13.0 Å². The van der Waals surface area contributed by atoms with E-state index in [0.717, 1.165) is 31.2 Å². The molecule has 128 valence electrons. The van der Waals surface area contributed by atoms with Crippen molar-refractivity contribution >= 4 is 18.3 Å². The summed E-state index contributed by atoms with van der Waals surface area (Å²) in [5.74, 6) is 0.959. The van der Waals surface area contributed by atoms with E-state index in [9.17, 15) is 9.18 Å². The third kappa shape index (κ3) is 4.04. The maximum absolute atomic E-state index is 13.5. The molecular weight excluding hydrogens is 315 g/mol. The molecule has 0 heterocycles. The van der Waals surface area contributed by atoms with Crippen LogP contribution in [-0.4, -0.2) is 11.9 Å². The van der Waals surface area contributed by atoms with Gasteiger partial charge in [0, 0.05) is 18.5 Å². The van der Waals surface area contributed by atoms with Gasteiger partial charge in [-0.2, -0.15) is 0 Å². The molecule has 2 saturated carbocycles. The van der Waals surface area contributed by atoms with Crippen LogP contribution in [0.4, 0.5) is 4.39 Å². The molecule has 0 spiro atoms. The van der Waals surface area contributed by atoms with Crippen molar-refractivity contribution < 1.29 is 9.18 Å². The van der Waals surface area contributed by atoms with Crippen LogP contribution in [0.1, 0.15) is 43.2 Å². The third-order valence-electron chi connectivity index (χ3n) is 5.49. The normalized spacial score (nSPS) is 29.5. The summed E-state index contributed by atoms with van der Waals surface area (Å²) >= 11 is 0. The van der Waals surface area contributed by atoms with Crippen LogP contribution in [0.2, 0.25) is 0 Å². The Bertz CT molecular complexity index is 552. The van der Waals surface area contributed by atoms with Crippen LogP contribution in [0.15, 0.2) is 18.2 Å². The van der Waals surface area contributed by atoms with E-state index in [-0.39, 0.29) is 36.1 Å². The molecule has 2 fully saturated rings. The number of halogens is 2. The molecule has 3 N–H and O–H groups in total. The van der Waals surface area contributed by atoms with Crippen LogP contribution in [0, 0.1) is 30.5 Å². The van der Waals surface area contributed by atoms with E-state index < -0.39 is 0 Å². The van der Waals surface area contributed by atoms with Crippen LogP contribution < -0.4 is 11.1 Å². The van der Waals surface area contributed by atoms with E-state index >= 15 is 0 Å². The second-order valence-corrected chi connectivity index (χ2v) is 7.00. The maximum atomic E-state index is 13.5. The highest BCUT2D eigenvalue weighted by atomic mass is 35.5. The summed E-state index contributed by atoms with van der Waals surface area (Å²) in [6.45, 7) is 2.13. The van der Waals surface area contributed by atoms with Gasteiger partial charge in [0.1, 0.15) is 5.82 Å². The molecule has 1 amide bonds. The molecule has 0 radical (unpaired) electrons. The highest BCUT2D eigenvalue weighted by Crippen LogP contribution is 2.41. The van der Waals surface area contributed by atoms with E-state index in [1.807, 2.05) is 6.07 Å². The van der Waals surface area contributed by atoms with Crippen LogP contribution in [-0.2, 0) is 11.3 Å². The van der Waals surface area contributed by atoms with Crippen LogP contribution in [0.5, 0.6) is 0 Å². The monoisotopic (exact) mass is 340 g/mol. The fraction of sp³-hybridized carbons (Fsp3) is 0.611. The number of nitrogens with two attached hydrogens (primary N) is 1. The molecule has 0 saturated heterocycles. The lowest BCUT2D eigenvalue weighted by Gasteiger charge is -2.43. The lowest BCUT2D eigenvalue weighted by atomic mass is 9.65. The van der Waals surface area contributed by atoms with Gasteiger partial charge in [-0.15, -0.1) is 12.4 Å². The van der Waals surface area contributed by atoms with Gasteiger partial charge in [-0.25, -0.2) is 4.39 Å². The number of hydrogen-bond acceptors (Lipinski definition) is 2. The molecule has 3 nitrogen and oxygen atoms in total. The van der Waals surface area contributed by atoms with Crippen LogP contribution in [0.3, 0.4) is 0 Å². The van der Waals surface area contributed by atoms with Gasteiger partial charge < -0.3 is 11.1 Å². The fourth-order valence-corrected chi connectivity index (χ4v) is 4.08. The Balaban J connectivity index is 0.00000192. The Kier molecular flexibility index (Phi) is 6.04. The van der Waals surface area contributed by atoms with E-state index in [1.165, 1.54) is 12.5 Å². The largest absolute Gasteiger partial charge is 0.352 e. The van der Waals surface area contributed by atoms with Crippen LogP contribution >= 0.6 is 12.4 Å². The first kappa shape index (κ1) is 18.2. The van der Waals surface area contributed by atoms with Crippen molar-refractivity contribution in [1.29, 1.82) is 0 Å². The topological polar surface area (TPSA) is 55.1 Å². The van der Waals surface area contributed by atoms with Gasteiger partial charge in [-0.1, -0.05) is 18.6 Å². The lowest BCUT2D eigenvalue weighted by Crippen LogP contribution is -2.49. The Morgan fingerprint density at radius 1 is 1.30 bits per heavy atom. The highest BCUT2D eigenvalue weighted by Gasteiger charge is 2.40. The Labute approximate surface area is 143 Å². The molecular formula is C18H26ClFN2O. The van der Waals surface area contributed by atoms with Gasteiger partial charge in [0.05, 0.1) is 0 Å². The Hall–Kier alpha value is -1.13. The SMILES string of the molecule is Cc1ccc(CNC(=O)C2CC3CCCC(C2)C3N)cc1F.Cl. The number of nitrogens with one attached hydrogen (secondary N) is 1. The van der Waals surface area contributed by atoms with Crippen molar-refractivity contribution in [3.8, 4) is 0 Å². The number of carbonyl (C=O) groups is 1. The first-order chi connectivity index (χ1) is 10.5. The zero-order valence-corrected chi connectivity index (χ0v) is 14.4. The molecule has 0 aromatic heterocycles. The van der Waals surface area contributed by atoms with Crippen molar-refractivity contribution in [3.05, 3.63) is 35.1 Å². The molecule has 2 atom stereocenters. The van der Waals surface area contributed by atoms with Gasteiger partial charge in [0.25, 0.3) is 0 Å². The summed E-state index contributed by atoms with van der Waals surface area (Å²) in [6.07, 6.45) is 5.38. The van der Waals surface area contributed by atoms with Gasteiger partial charge >= 0.3 is 0 Å². The minimum atomic E-state index is -0.218. The molecule has 2 aliphatic carbocycles. The zero-order chi connectivity index (χ0) is 15.7. The number of rotatable bonds is 3. The minimum absolute atomic E-state index is 0. The number of fused-ring (bicyclic) bond motifs is 2. The van der Waals surface area contributed by atoms with Gasteiger partial charge in [0.15, 0.2) is 0 Å². The molecule has 23 heavy (non-hydrogen) atoms. The molecule has 1 aromatic carbocycles. The molecule has 1 aromatic rings. The summed E-state index contributed by atoms with van der Waals surface area (Å²) in [5, 5.41) is 2.97. The number of hydrogen-bond donors (Lipinski definition) is 2. The maximum Gasteiger partial charge on any atom is 0.223 e. The summed E-state index contributed by atoms with van der Waals surface area (Å²) in [6, 6.07) is 5.40. The van der Waals surface area contributed by atoms with Gasteiger partial charge in [-0.3, -0.25) is 4.79 Å². The number of aryl methyl sites for hydroxylation is 1. The summed E-state index contributed by atoms with van der Waals surface area (Å²) in [4.78, 5) is 12.4. The summed E-state index contributed by atoms with van der Waals surface area (Å²) < 4.78 is 13.5. The molecule has 2 aliphatic rings. The Morgan fingerprint density at radius 3 is 2.57 bits per heavy atom. The second-order valence-electron chi connectivity index (χ2n) is 7.00. The minimum Gasteiger partial charge on any atom is -0.352 e. The molecule has 5 heteroatoms. The average Bonchev–Trinajstić information content (AvgIpc) is 2.48. The Morgan fingerprint density at radius 2 is 1.96 bits per heavy atom. The van der Waals surface area contributed by atoms with E-state index in [4.69, 9.17) is 5.73 Å². The predicted molar refractivity (Wildman–Crippen MR) is 91.8 cm³/mol. The van der Waals surface area contributed by atoms with E-state index in [2.05, 4.69) is 5.32 Å². The van der Waals surface area contributed by atoms with Gasteiger partial charge in [0.2, 0.25) is 5.91 Å².